The third-order valence-electron chi connectivity index (χ3n) is 5.69. The van der Waals surface area contributed by atoms with E-state index in [0.29, 0.717) is 17.2 Å². The van der Waals surface area contributed by atoms with E-state index < -0.39 is 0 Å². The lowest BCUT2D eigenvalue weighted by atomic mass is 10.1. The molecule has 0 unspecified atom stereocenters. The van der Waals surface area contributed by atoms with Crippen molar-refractivity contribution in [3.8, 4) is 23.0 Å². The van der Waals surface area contributed by atoms with Crippen molar-refractivity contribution < 1.29 is 18.9 Å². The molecule has 8 nitrogen and oxygen atoms in total. The van der Waals surface area contributed by atoms with Gasteiger partial charge in [-0.2, -0.15) is 0 Å². The number of guanidine groups is 1. The van der Waals surface area contributed by atoms with Gasteiger partial charge in [0.1, 0.15) is 5.75 Å². The Hall–Kier alpha value is -2.56. The zero-order valence-electron chi connectivity index (χ0n) is 20.1. The van der Waals surface area contributed by atoms with Crippen LogP contribution in [0, 0.1) is 0 Å². The number of benzene rings is 2. The van der Waals surface area contributed by atoms with Crippen molar-refractivity contribution in [3.63, 3.8) is 0 Å². The standard InChI is InChI=1S/C24H34N4O4.HI/c1-25-24(26-13-12-18-6-11-21(30-3)23(32-5)22(18)31-4)28-16-14-27(15-17-28)19-7-9-20(29-2)10-8-19;/h6-11H,12-17H2,1-5H3,(H,25,26);1H. The van der Waals surface area contributed by atoms with Gasteiger partial charge in [-0.15, -0.1) is 24.0 Å². The number of hydrogen-bond acceptors (Lipinski definition) is 6. The topological polar surface area (TPSA) is 67.8 Å². The van der Waals surface area contributed by atoms with E-state index in [9.17, 15) is 0 Å². The van der Waals surface area contributed by atoms with Crippen LogP contribution in [0.25, 0.3) is 0 Å². The number of methoxy groups -OCH3 is 4. The summed E-state index contributed by atoms with van der Waals surface area (Å²) in [5.41, 5.74) is 2.27. The lowest BCUT2D eigenvalue weighted by Gasteiger charge is -2.37. The maximum Gasteiger partial charge on any atom is 0.203 e. The second kappa shape index (κ2) is 13.2. The molecule has 2 aromatic rings. The van der Waals surface area contributed by atoms with E-state index in [4.69, 9.17) is 18.9 Å². The number of nitrogens with zero attached hydrogens (tertiary/aromatic N) is 3. The quantitative estimate of drug-likeness (QED) is 0.297. The molecule has 1 fully saturated rings. The summed E-state index contributed by atoms with van der Waals surface area (Å²) < 4.78 is 21.7. The van der Waals surface area contributed by atoms with Gasteiger partial charge in [0.25, 0.3) is 0 Å². The van der Waals surface area contributed by atoms with Crippen LogP contribution in [0.2, 0.25) is 0 Å². The number of anilines is 1. The SMILES string of the molecule is CN=C(NCCc1ccc(OC)c(OC)c1OC)N1CCN(c2ccc(OC)cc2)CC1.I. The Labute approximate surface area is 213 Å². The van der Waals surface area contributed by atoms with Gasteiger partial charge in [-0.3, -0.25) is 4.99 Å². The van der Waals surface area contributed by atoms with Crippen LogP contribution in [0.5, 0.6) is 23.0 Å². The second-order valence-electron chi connectivity index (χ2n) is 7.39. The number of nitrogens with one attached hydrogen (secondary N) is 1. The predicted octanol–water partition coefficient (Wildman–Crippen LogP) is 3.28. The molecule has 3 rings (SSSR count). The molecule has 0 aromatic heterocycles. The number of aliphatic imine (C=N–C) groups is 1. The fourth-order valence-electron chi connectivity index (χ4n) is 3.97. The first kappa shape index (κ1) is 26.7. The molecule has 0 spiro atoms. The van der Waals surface area contributed by atoms with Crippen LogP contribution in [-0.4, -0.2) is 79.1 Å². The first-order valence-electron chi connectivity index (χ1n) is 10.8. The maximum absolute atomic E-state index is 5.59. The number of rotatable bonds is 8. The highest BCUT2D eigenvalue weighted by molar-refractivity contribution is 14.0. The van der Waals surface area contributed by atoms with Crippen LogP contribution in [-0.2, 0) is 6.42 Å². The molecule has 0 radical (unpaired) electrons. The Bertz CT molecular complexity index is 900. The zero-order valence-corrected chi connectivity index (χ0v) is 22.4. The summed E-state index contributed by atoms with van der Waals surface area (Å²) in [6, 6.07) is 12.1. The summed E-state index contributed by atoms with van der Waals surface area (Å²) in [5, 5.41) is 3.49. The zero-order chi connectivity index (χ0) is 22.9. The van der Waals surface area contributed by atoms with E-state index in [0.717, 1.165) is 56.4 Å². The van der Waals surface area contributed by atoms with Crippen molar-refractivity contribution in [3.05, 3.63) is 42.0 Å². The molecule has 1 N–H and O–H groups in total. The smallest absolute Gasteiger partial charge is 0.203 e. The molecular weight excluding hydrogens is 535 g/mol. The first-order chi connectivity index (χ1) is 15.6. The molecule has 0 atom stereocenters. The van der Waals surface area contributed by atoms with Gasteiger partial charge in [-0.25, -0.2) is 0 Å². The van der Waals surface area contributed by atoms with Gasteiger partial charge < -0.3 is 34.1 Å². The molecule has 1 saturated heterocycles. The number of ether oxygens (including phenoxy) is 4. The second-order valence-corrected chi connectivity index (χ2v) is 7.39. The Kier molecular flexibility index (Phi) is 10.7. The van der Waals surface area contributed by atoms with Crippen LogP contribution < -0.4 is 29.2 Å². The third-order valence-corrected chi connectivity index (χ3v) is 5.69. The summed E-state index contributed by atoms with van der Waals surface area (Å²) in [4.78, 5) is 9.17. The minimum absolute atomic E-state index is 0. The Morgan fingerprint density at radius 1 is 0.848 bits per heavy atom. The van der Waals surface area contributed by atoms with Gasteiger partial charge >= 0.3 is 0 Å². The minimum atomic E-state index is 0. The van der Waals surface area contributed by atoms with Crippen molar-refractivity contribution in [1.82, 2.24) is 10.2 Å². The Morgan fingerprint density at radius 2 is 1.52 bits per heavy atom. The average Bonchev–Trinajstić information content (AvgIpc) is 2.86. The fourth-order valence-corrected chi connectivity index (χ4v) is 3.97. The molecule has 1 aliphatic rings. The van der Waals surface area contributed by atoms with Crippen molar-refractivity contribution in [2.24, 2.45) is 4.99 Å². The molecule has 1 aliphatic heterocycles. The van der Waals surface area contributed by atoms with Gasteiger partial charge in [0.15, 0.2) is 17.5 Å². The van der Waals surface area contributed by atoms with Crippen LogP contribution in [0.15, 0.2) is 41.4 Å². The summed E-state index contributed by atoms with van der Waals surface area (Å²) in [7, 11) is 8.41. The van der Waals surface area contributed by atoms with Crippen molar-refractivity contribution in [2.45, 2.75) is 6.42 Å². The number of halogens is 1. The Balaban J connectivity index is 0.00000385. The molecule has 0 bridgehead atoms. The third kappa shape index (κ3) is 6.49. The summed E-state index contributed by atoms with van der Waals surface area (Å²) in [5.74, 6) is 3.77. The normalized spacial score (nSPS) is 13.8. The molecule has 0 amide bonds. The van der Waals surface area contributed by atoms with Crippen LogP contribution in [0.4, 0.5) is 5.69 Å². The first-order valence-corrected chi connectivity index (χ1v) is 10.8. The largest absolute Gasteiger partial charge is 0.497 e. The highest BCUT2D eigenvalue weighted by atomic mass is 127. The highest BCUT2D eigenvalue weighted by Gasteiger charge is 2.20. The van der Waals surface area contributed by atoms with Gasteiger partial charge in [0.2, 0.25) is 5.75 Å². The molecule has 2 aromatic carbocycles. The summed E-state index contributed by atoms with van der Waals surface area (Å²) >= 11 is 0. The lowest BCUT2D eigenvalue weighted by molar-refractivity contribution is 0.322. The molecule has 1 heterocycles. The molecule has 182 valence electrons. The lowest BCUT2D eigenvalue weighted by Crippen LogP contribution is -2.52. The van der Waals surface area contributed by atoms with Crippen LogP contribution in [0.3, 0.4) is 0 Å². The monoisotopic (exact) mass is 570 g/mol. The van der Waals surface area contributed by atoms with Crippen molar-refractivity contribution in [2.75, 3.05) is 73.1 Å². The Morgan fingerprint density at radius 3 is 2.06 bits per heavy atom. The average molecular weight is 570 g/mol. The van der Waals surface area contributed by atoms with Gasteiger partial charge in [-0.05, 0) is 36.8 Å². The molecule has 33 heavy (non-hydrogen) atoms. The fraction of sp³-hybridized carbons (Fsp3) is 0.458. The van der Waals surface area contributed by atoms with Gasteiger partial charge in [0.05, 0.1) is 28.4 Å². The summed E-state index contributed by atoms with van der Waals surface area (Å²) in [6.45, 7) is 4.43. The molecule has 9 heteroatoms. The summed E-state index contributed by atoms with van der Waals surface area (Å²) in [6.07, 6.45) is 0.772. The molecule has 0 aliphatic carbocycles. The molecule has 0 saturated carbocycles. The maximum atomic E-state index is 5.59. The van der Waals surface area contributed by atoms with Crippen molar-refractivity contribution in [1.29, 1.82) is 0 Å². The van der Waals surface area contributed by atoms with E-state index in [1.54, 1.807) is 28.4 Å². The minimum Gasteiger partial charge on any atom is -0.497 e. The van der Waals surface area contributed by atoms with Gasteiger partial charge in [-0.1, -0.05) is 6.07 Å². The van der Waals surface area contributed by atoms with E-state index >= 15 is 0 Å². The van der Waals surface area contributed by atoms with E-state index in [1.165, 1.54) is 5.69 Å². The predicted molar refractivity (Wildman–Crippen MR) is 143 cm³/mol. The van der Waals surface area contributed by atoms with Crippen molar-refractivity contribution >= 4 is 35.6 Å². The highest BCUT2D eigenvalue weighted by Crippen LogP contribution is 2.39. The van der Waals surface area contributed by atoms with E-state index in [-0.39, 0.29) is 24.0 Å². The van der Waals surface area contributed by atoms with Crippen LogP contribution in [0.1, 0.15) is 5.56 Å². The van der Waals surface area contributed by atoms with Gasteiger partial charge in [0, 0.05) is 51.0 Å². The van der Waals surface area contributed by atoms with Crippen LogP contribution >= 0.6 is 24.0 Å². The van der Waals surface area contributed by atoms with E-state index in [2.05, 4.69) is 32.2 Å². The number of piperazine rings is 1. The number of hydrogen-bond donors (Lipinski definition) is 1. The van der Waals surface area contributed by atoms with E-state index in [1.807, 2.05) is 31.3 Å². The molecular formula is C24H35IN4O4.